The summed E-state index contributed by atoms with van der Waals surface area (Å²) in [5.74, 6) is -0.523. The fourth-order valence-corrected chi connectivity index (χ4v) is 2.38. The van der Waals surface area contributed by atoms with Crippen LogP contribution in [0.1, 0.15) is 21.7 Å². The Bertz CT molecular complexity index is 1020. The molecule has 0 unspecified atom stereocenters. The van der Waals surface area contributed by atoms with E-state index < -0.39 is 11.5 Å². The van der Waals surface area contributed by atoms with Gasteiger partial charge in [0, 0.05) is 11.4 Å². The number of nitrogens with zero attached hydrogens (tertiary/aromatic N) is 4. The lowest BCUT2D eigenvalue weighted by atomic mass is 10.2. The second-order valence-electron chi connectivity index (χ2n) is 5.20. The average Bonchev–Trinajstić information content (AvgIpc) is 2.88. The van der Waals surface area contributed by atoms with Gasteiger partial charge in [-0.25, -0.2) is 14.3 Å². The molecular weight excluding hydrogens is 310 g/mol. The van der Waals surface area contributed by atoms with Crippen LogP contribution in [0.5, 0.6) is 0 Å². The van der Waals surface area contributed by atoms with Crippen molar-refractivity contribution < 1.29 is 9.53 Å². The summed E-state index contributed by atoms with van der Waals surface area (Å²) in [6, 6.07) is 8.45. The van der Waals surface area contributed by atoms with Gasteiger partial charge in [0.25, 0.3) is 5.56 Å². The molecule has 0 amide bonds. The zero-order valence-electron chi connectivity index (χ0n) is 13.4. The van der Waals surface area contributed by atoms with E-state index in [2.05, 4.69) is 20.3 Å². The van der Waals surface area contributed by atoms with E-state index in [1.54, 1.807) is 28.8 Å². The highest BCUT2D eigenvalue weighted by Gasteiger charge is 2.14. The molecule has 0 aliphatic carbocycles. The van der Waals surface area contributed by atoms with Crippen molar-refractivity contribution in [2.75, 3.05) is 7.11 Å². The number of H-pyrrole nitrogens is 1. The Morgan fingerprint density at radius 1 is 1.25 bits per heavy atom. The number of hydrogen-bond acceptors (Lipinski definition) is 6. The summed E-state index contributed by atoms with van der Waals surface area (Å²) in [5, 5.41) is 10.7. The molecule has 0 saturated heterocycles. The second-order valence-corrected chi connectivity index (χ2v) is 5.20. The summed E-state index contributed by atoms with van der Waals surface area (Å²) in [4.78, 5) is 28.2. The number of benzene rings is 1. The molecule has 122 valence electrons. The van der Waals surface area contributed by atoms with Crippen molar-refractivity contribution in [3.63, 3.8) is 0 Å². The minimum atomic E-state index is -0.523. The Kier molecular flexibility index (Phi) is 3.95. The first-order valence-corrected chi connectivity index (χ1v) is 7.19. The highest BCUT2D eigenvalue weighted by molar-refractivity contribution is 5.94. The molecule has 0 bridgehead atoms. The van der Waals surface area contributed by atoms with E-state index in [0.29, 0.717) is 11.3 Å². The summed E-state index contributed by atoms with van der Waals surface area (Å²) in [7, 11) is 1.29. The van der Waals surface area contributed by atoms with Crippen molar-refractivity contribution in [3.05, 3.63) is 57.6 Å². The van der Waals surface area contributed by atoms with Crippen LogP contribution < -0.4 is 5.56 Å². The molecule has 0 atom stereocenters. The topological polar surface area (TPSA) is 101 Å². The number of esters is 1. The molecule has 0 saturated carbocycles. The summed E-state index contributed by atoms with van der Waals surface area (Å²) in [6.07, 6.45) is 0. The largest absolute Gasteiger partial charge is 0.465 e. The maximum Gasteiger partial charge on any atom is 0.340 e. The molecule has 8 heteroatoms. The molecule has 3 aromatic rings. The first-order valence-electron chi connectivity index (χ1n) is 7.19. The van der Waals surface area contributed by atoms with E-state index in [4.69, 9.17) is 4.74 Å². The van der Waals surface area contributed by atoms with Gasteiger partial charge in [-0.15, -0.1) is 10.2 Å². The normalized spacial score (nSPS) is 11.3. The smallest absolute Gasteiger partial charge is 0.340 e. The van der Waals surface area contributed by atoms with Crippen molar-refractivity contribution in [3.8, 4) is 0 Å². The van der Waals surface area contributed by atoms with E-state index in [9.17, 15) is 9.59 Å². The summed E-state index contributed by atoms with van der Waals surface area (Å²) in [5.41, 5.74) is 2.23. The molecule has 2 aromatic heterocycles. The Morgan fingerprint density at radius 3 is 2.75 bits per heavy atom. The maximum atomic E-state index is 12.1. The molecule has 3 rings (SSSR count). The molecule has 0 fully saturated rings. The molecule has 2 heterocycles. The van der Waals surface area contributed by atoms with E-state index in [0.717, 1.165) is 11.4 Å². The minimum Gasteiger partial charge on any atom is -0.465 e. The number of carbonyl (C=O) groups is 1. The lowest BCUT2D eigenvalue weighted by molar-refractivity contribution is 0.0601. The number of fused-ring (bicyclic) bond motifs is 1. The standard InChI is InChI=1S/C16H15N5O3/c1-9-8-10(2)21-14(17-9)13(15(22)20-21)19-18-12-7-5-4-6-11(12)16(23)24-3/h4-8H,1-3H3,(H,20,22). The molecular formula is C16H15N5O3. The highest BCUT2D eigenvalue weighted by Crippen LogP contribution is 2.23. The van der Waals surface area contributed by atoms with Crippen LogP contribution >= 0.6 is 0 Å². The minimum absolute atomic E-state index is 0.0847. The molecule has 24 heavy (non-hydrogen) atoms. The Balaban J connectivity index is 2.11. The van der Waals surface area contributed by atoms with Crippen LogP contribution in [0.25, 0.3) is 5.65 Å². The van der Waals surface area contributed by atoms with E-state index in [-0.39, 0.29) is 11.3 Å². The summed E-state index contributed by atoms with van der Waals surface area (Å²) >= 11 is 0. The zero-order chi connectivity index (χ0) is 17.3. The lowest BCUT2D eigenvalue weighted by Gasteiger charge is -2.02. The van der Waals surface area contributed by atoms with E-state index in [1.807, 2.05) is 19.9 Å². The summed E-state index contributed by atoms with van der Waals surface area (Å²) < 4.78 is 6.27. The molecule has 0 radical (unpaired) electrons. The first-order chi connectivity index (χ1) is 11.5. The van der Waals surface area contributed by atoms with Crippen molar-refractivity contribution in [1.29, 1.82) is 0 Å². The molecule has 1 aromatic carbocycles. The number of rotatable bonds is 3. The highest BCUT2D eigenvalue weighted by atomic mass is 16.5. The number of hydrogen-bond donors (Lipinski definition) is 1. The van der Waals surface area contributed by atoms with Gasteiger partial charge in [-0.2, -0.15) is 0 Å². The number of nitrogens with one attached hydrogen (secondary N) is 1. The number of ether oxygens (including phenoxy) is 1. The van der Waals surface area contributed by atoms with Gasteiger partial charge in [0.2, 0.25) is 0 Å². The van der Waals surface area contributed by atoms with Gasteiger partial charge in [-0.1, -0.05) is 12.1 Å². The number of carbonyl (C=O) groups excluding carboxylic acids is 1. The first kappa shape index (κ1) is 15.6. The molecule has 0 aliphatic rings. The number of methoxy groups -OCH3 is 1. The third-order valence-corrected chi connectivity index (χ3v) is 3.47. The predicted molar refractivity (Wildman–Crippen MR) is 87.2 cm³/mol. The van der Waals surface area contributed by atoms with Crippen molar-refractivity contribution in [2.45, 2.75) is 13.8 Å². The van der Waals surface area contributed by atoms with Crippen LogP contribution in [0.15, 0.2) is 45.4 Å². The molecule has 8 nitrogen and oxygen atoms in total. The predicted octanol–water partition coefficient (Wildman–Crippen LogP) is 2.84. The molecule has 0 aliphatic heterocycles. The Morgan fingerprint density at radius 2 is 2.00 bits per heavy atom. The van der Waals surface area contributed by atoms with Gasteiger partial charge >= 0.3 is 5.97 Å². The van der Waals surface area contributed by atoms with Gasteiger partial charge < -0.3 is 4.74 Å². The zero-order valence-corrected chi connectivity index (χ0v) is 13.4. The van der Waals surface area contributed by atoms with Crippen molar-refractivity contribution >= 4 is 23.0 Å². The Labute approximate surface area is 136 Å². The lowest BCUT2D eigenvalue weighted by Crippen LogP contribution is -2.02. The van der Waals surface area contributed by atoms with Gasteiger partial charge in [-0.3, -0.25) is 9.89 Å². The van der Waals surface area contributed by atoms with Crippen molar-refractivity contribution in [2.24, 2.45) is 10.2 Å². The van der Waals surface area contributed by atoms with E-state index >= 15 is 0 Å². The summed E-state index contributed by atoms with van der Waals surface area (Å²) in [6.45, 7) is 3.68. The van der Waals surface area contributed by atoms with Crippen LogP contribution in [-0.4, -0.2) is 27.7 Å². The fourth-order valence-electron chi connectivity index (χ4n) is 2.38. The van der Waals surface area contributed by atoms with Crippen LogP contribution in [0.2, 0.25) is 0 Å². The Hall–Kier alpha value is -3.29. The van der Waals surface area contributed by atoms with Crippen LogP contribution in [-0.2, 0) is 4.74 Å². The SMILES string of the molecule is COC(=O)c1ccccc1N=Nc1c(=O)[nH]n2c(C)cc(C)nc12. The molecule has 1 N–H and O–H groups in total. The second kappa shape index (κ2) is 6.07. The third kappa shape index (κ3) is 2.69. The fraction of sp³-hybridized carbons (Fsp3) is 0.188. The number of azo groups is 1. The van der Waals surface area contributed by atoms with Gasteiger partial charge in [-0.05, 0) is 32.0 Å². The average molecular weight is 325 g/mol. The number of aromatic nitrogens is 3. The van der Waals surface area contributed by atoms with Gasteiger partial charge in [0.1, 0.15) is 5.69 Å². The van der Waals surface area contributed by atoms with E-state index in [1.165, 1.54) is 7.11 Å². The van der Waals surface area contributed by atoms with Crippen LogP contribution in [0.3, 0.4) is 0 Å². The number of aromatic amines is 1. The van der Waals surface area contributed by atoms with Gasteiger partial charge in [0.05, 0.1) is 12.7 Å². The quantitative estimate of drug-likeness (QED) is 0.591. The third-order valence-electron chi connectivity index (χ3n) is 3.47. The number of aryl methyl sites for hydroxylation is 2. The monoisotopic (exact) mass is 325 g/mol. The van der Waals surface area contributed by atoms with Crippen molar-refractivity contribution in [1.82, 2.24) is 14.6 Å². The van der Waals surface area contributed by atoms with Gasteiger partial charge in [0.15, 0.2) is 11.3 Å². The maximum absolute atomic E-state index is 12.1. The van der Waals surface area contributed by atoms with Crippen LogP contribution in [0, 0.1) is 13.8 Å². The molecule has 0 spiro atoms. The van der Waals surface area contributed by atoms with Crippen LogP contribution in [0.4, 0.5) is 11.4 Å².